The molecule has 0 radical (unpaired) electrons. The number of nitro benzene ring substituents is 1. The van der Waals surface area contributed by atoms with Gasteiger partial charge in [0, 0.05) is 21.9 Å². The number of hydrazone groups is 1. The fourth-order valence-corrected chi connectivity index (χ4v) is 4.60. The molecular weight excluding hydrogens is 462 g/mol. The summed E-state index contributed by atoms with van der Waals surface area (Å²) in [6, 6.07) is 25.9. The zero-order chi connectivity index (χ0) is 24.4. The molecule has 0 unspecified atom stereocenters. The molecule has 35 heavy (non-hydrogen) atoms. The Hall–Kier alpha value is -4.43. The van der Waals surface area contributed by atoms with Crippen LogP contribution >= 0.6 is 11.8 Å². The lowest BCUT2D eigenvalue weighted by Gasteiger charge is -2.04. The van der Waals surface area contributed by atoms with E-state index in [1.54, 1.807) is 18.2 Å². The summed E-state index contributed by atoms with van der Waals surface area (Å²) in [6.07, 6.45) is 1.36. The molecule has 0 bridgehead atoms. The minimum Gasteiger partial charge on any atom is -0.451 e. The predicted molar refractivity (Wildman–Crippen MR) is 137 cm³/mol. The lowest BCUT2D eigenvalue weighted by molar-refractivity contribution is -0.387. The van der Waals surface area contributed by atoms with Crippen molar-refractivity contribution in [2.24, 2.45) is 5.10 Å². The minimum absolute atomic E-state index is 0.0324. The summed E-state index contributed by atoms with van der Waals surface area (Å²) in [7, 11) is 0. The smallest absolute Gasteiger partial charge is 0.307 e. The molecule has 1 N–H and O–H groups in total. The first kappa shape index (κ1) is 22.4. The second-order valence-corrected chi connectivity index (χ2v) is 9.02. The lowest BCUT2D eigenvalue weighted by Crippen LogP contribution is -2.16. The number of aryl methyl sites for hydroxylation is 1. The molecule has 1 aromatic heterocycles. The monoisotopic (exact) mass is 481 g/mol. The second-order valence-electron chi connectivity index (χ2n) is 7.91. The number of amides is 1. The Morgan fingerprint density at radius 3 is 2.60 bits per heavy atom. The third kappa shape index (κ3) is 4.78. The molecule has 0 saturated heterocycles. The lowest BCUT2D eigenvalue weighted by atomic mass is 10.1. The first-order valence-corrected chi connectivity index (χ1v) is 11.6. The maximum absolute atomic E-state index is 12.6. The molecule has 1 amide bonds. The van der Waals surface area contributed by atoms with Gasteiger partial charge in [-0.05, 0) is 48.0 Å². The third-order valence-electron chi connectivity index (χ3n) is 5.46. The van der Waals surface area contributed by atoms with Gasteiger partial charge >= 0.3 is 5.91 Å². The molecule has 0 saturated carbocycles. The first-order chi connectivity index (χ1) is 17.0. The summed E-state index contributed by atoms with van der Waals surface area (Å²) in [4.78, 5) is 25.2. The number of nitrogens with one attached hydrogen (secondary N) is 1. The maximum atomic E-state index is 12.6. The average molecular weight is 482 g/mol. The molecule has 0 aliphatic carbocycles. The van der Waals surface area contributed by atoms with Gasteiger partial charge in [-0.3, -0.25) is 14.9 Å². The number of benzene rings is 4. The van der Waals surface area contributed by atoms with Crippen LogP contribution in [0.4, 0.5) is 5.69 Å². The summed E-state index contributed by atoms with van der Waals surface area (Å²) >= 11 is 1.32. The van der Waals surface area contributed by atoms with Crippen LogP contribution in [0.25, 0.3) is 21.7 Å². The Labute approximate surface area is 204 Å². The highest BCUT2D eigenvalue weighted by atomic mass is 32.2. The Morgan fingerprint density at radius 2 is 1.80 bits per heavy atom. The van der Waals surface area contributed by atoms with Gasteiger partial charge in [0.1, 0.15) is 5.58 Å². The van der Waals surface area contributed by atoms with E-state index in [4.69, 9.17) is 4.42 Å². The quantitative estimate of drug-likeness (QED) is 0.165. The van der Waals surface area contributed by atoms with Crippen molar-refractivity contribution in [3.8, 4) is 0 Å². The maximum Gasteiger partial charge on any atom is 0.307 e. The molecule has 0 fully saturated rings. The van der Waals surface area contributed by atoms with E-state index in [0.717, 1.165) is 26.6 Å². The minimum atomic E-state index is -0.512. The molecule has 0 aliphatic rings. The standard InChI is InChI=1S/C27H19N3O4S/c1-17-6-10-20(11-7-17)35-26-13-8-18(14-23(26)30(32)33)16-28-29-27(31)25-15-22-21-5-3-2-4-19(21)9-12-24(22)34-25/h2-16H,1H3,(H,29,31)/b28-16+. The van der Waals surface area contributed by atoms with E-state index in [2.05, 4.69) is 10.5 Å². The van der Waals surface area contributed by atoms with E-state index in [0.29, 0.717) is 16.0 Å². The van der Waals surface area contributed by atoms with Gasteiger partial charge in [0.15, 0.2) is 5.76 Å². The van der Waals surface area contributed by atoms with E-state index in [1.165, 1.54) is 24.0 Å². The molecule has 5 rings (SSSR count). The Kier molecular flexibility index (Phi) is 6.03. The molecule has 172 valence electrons. The summed E-state index contributed by atoms with van der Waals surface area (Å²) in [5.41, 5.74) is 4.61. The van der Waals surface area contributed by atoms with Crippen molar-refractivity contribution < 1.29 is 14.1 Å². The van der Waals surface area contributed by atoms with Crippen LogP contribution in [-0.2, 0) is 0 Å². The van der Waals surface area contributed by atoms with Gasteiger partial charge in [-0.25, -0.2) is 5.43 Å². The fraction of sp³-hybridized carbons (Fsp3) is 0.0370. The number of carbonyl (C=O) groups excluding carboxylic acids is 1. The topological polar surface area (TPSA) is 97.7 Å². The number of carbonyl (C=O) groups is 1. The molecule has 0 atom stereocenters. The van der Waals surface area contributed by atoms with Gasteiger partial charge < -0.3 is 4.42 Å². The largest absolute Gasteiger partial charge is 0.451 e. The highest BCUT2D eigenvalue weighted by molar-refractivity contribution is 7.99. The summed E-state index contributed by atoms with van der Waals surface area (Å²) in [6.45, 7) is 1.99. The summed E-state index contributed by atoms with van der Waals surface area (Å²) in [5, 5.41) is 18.5. The van der Waals surface area contributed by atoms with Crippen LogP contribution in [0.2, 0.25) is 0 Å². The number of hydrogen-bond acceptors (Lipinski definition) is 6. The summed E-state index contributed by atoms with van der Waals surface area (Å²) in [5.74, 6) is -0.382. The predicted octanol–water partition coefficient (Wildman–Crippen LogP) is 6.72. The van der Waals surface area contributed by atoms with Crippen LogP contribution in [0.3, 0.4) is 0 Å². The van der Waals surface area contributed by atoms with Gasteiger partial charge in [-0.1, -0.05) is 65.9 Å². The average Bonchev–Trinajstić information content (AvgIpc) is 3.31. The number of furan rings is 1. The van der Waals surface area contributed by atoms with Crippen LogP contribution in [0.15, 0.2) is 104 Å². The normalized spacial score (nSPS) is 11.3. The van der Waals surface area contributed by atoms with Crippen molar-refractivity contribution in [3.63, 3.8) is 0 Å². The Morgan fingerprint density at radius 1 is 1.00 bits per heavy atom. The third-order valence-corrected chi connectivity index (χ3v) is 6.53. The zero-order valence-electron chi connectivity index (χ0n) is 18.6. The number of rotatable bonds is 6. The van der Waals surface area contributed by atoms with Gasteiger partial charge in [-0.15, -0.1) is 0 Å². The van der Waals surface area contributed by atoms with E-state index in [1.807, 2.05) is 67.6 Å². The zero-order valence-corrected chi connectivity index (χ0v) is 19.4. The van der Waals surface area contributed by atoms with Gasteiger partial charge in [-0.2, -0.15) is 5.10 Å². The van der Waals surface area contributed by atoms with Crippen molar-refractivity contribution >= 4 is 51.3 Å². The molecule has 4 aromatic carbocycles. The Balaban J connectivity index is 1.32. The molecule has 8 heteroatoms. The van der Waals surface area contributed by atoms with Gasteiger partial charge in [0.2, 0.25) is 0 Å². The van der Waals surface area contributed by atoms with Crippen LogP contribution in [0, 0.1) is 17.0 Å². The molecule has 1 heterocycles. The van der Waals surface area contributed by atoms with E-state index < -0.39 is 10.8 Å². The first-order valence-electron chi connectivity index (χ1n) is 10.8. The van der Waals surface area contributed by atoms with E-state index >= 15 is 0 Å². The Bertz CT molecular complexity index is 1610. The molecule has 7 nitrogen and oxygen atoms in total. The summed E-state index contributed by atoms with van der Waals surface area (Å²) < 4.78 is 5.69. The van der Waals surface area contributed by atoms with Crippen LogP contribution < -0.4 is 5.43 Å². The molecule has 5 aromatic rings. The number of fused-ring (bicyclic) bond motifs is 3. The van der Waals surface area contributed by atoms with E-state index in [9.17, 15) is 14.9 Å². The highest BCUT2D eigenvalue weighted by Crippen LogP contribution is 2.35. The molecule has 0 spiro atoms. The second kappa shape index (κ2) is 9.44. The molecule has 0 aliphatic heterocycles. The molecular formula is C27H19N3O4S. The van der Waals surface area contributed by atoms with Crippen molar-refractivity contribution in [2.45, 2.75) is 16.7 Å². The van der Waals surface area contributed by atoms with Crippen molar-refractivity contribution in [3.05, 3.63) is 112 Å². The number of hydrogen-bond donors (Lipinski definition) is 1. The van der Waals surface area contributed by atoms with Gasteiger partial charge in [0.25, 0.3) is 5.69 Å². The number of nitrogens with zero attached hydrogens (tertiary/aromatic N) is 2. The van der Waals surface area contributed by atoms with Crippen molar-refractivity contribution in [1.82, 2.24) is 5.43 Å². The SMILES string of the molecule is Cc1ccc(Sc2ccc(/C=N/NC(=O)c3cc4c(ccc5ccccc54)o3)cc2[N+](=O)[O-])cc1. The fourth-order valence-electron chi connectivity index (χ4n) is 3.70. The highest BCUT2D eigenvalue weighted by Gasteiger charge is 2.16. The number of nitro groups is 1. The van der Waals surface area contributed by atoms with Gasteiger partial charge in [0.05, 0.1) is 16.0 Å². The van der Waals surface area contributed by atoms with Crippen LogP contribution in [-0.4, -0.2) is 17.0 Å². The van der Waals surface area contributed by atoms with E-state index in [-0.39, 0.29) is 11.4 Å². The van der Waals surface area contributed by atoms with Crippen molar-refractivity contribution in [1.29, 1.82) is 0 Å². The van der Waals surface area contributed by atoms with Crippen LogP contribution in [0.1, 0.15) is 21.7 Å². The van der Waals surface area contributed by atoms with Crippen LogP contribution in [0.5, 0.6) is 0 Å². The van der Waals surface area contributed by atoms with Crippen molar-refractivity contribution in [2.75, 3.05) is 0 Å².